The topological polar surface area (TPSA) is 57.0 Å². The Hall–Kier alpha value is -1.91. The Balaban J connectivity index is 2.69. The number of carbonyl (C=O) groups is 1. The molecule has 0 saturated heterocycles. The van der Waals surface area contributed by atoms with Crippen molar-refractivity contribution in [1.82, 2.24) is 15.0 Å². The maximum atomic E-state index is 11.1. The largest absolute Gasteiger partial charge is 0.497 e. The molecule has 72 valence electrons. The molecule has 5 heteroatoms. The molecule has 2 rings (SSSR count). The van der Waals surface area contributed by atoms with Gasteiger partial charge in [0.05, 0.1) is 7.11 Å². The molecule has 0 saturated carbocycles. The van der Waals surface area contributed by atoms with E-state index < -0.39 is 0 Å². The van der Waals surface area contributed by atoms with Gasteiger partial charge in [0, 0.05) is 13.0 Å². The third-order valence-electron chi connectivity index (χ3n) is 1.95. The van der Waals surface area contributed by atoms with E-state index in [0.717, 1.165) is 0 Å². The van der Waals surface area contributed by atoms with Crippen molar-refractivity contribution < 1.29 is 9.53 Å². The van der Waals surface area contributed by atoms with Crippen LogP contribution in [-0.2, 0) is 0 Å². The Kier molecular flexibility index (Phi) is 1.92. The highest BCUT2D eigenvalue weighted by atomic mass is 16.5. The molecular formula is C9H9N3O2. The lowest BCUT2D eigenvalue weighted by Crippen LogP contribution is -2.07. The fourth-order valence-corrected chi connectivity index (χ4v) is 1.26. The summed E-state index contributed by atoms with van der Waals surface area (Å²) >= 11 is 0. The standard InChI is InChI=1S/C9H9N3O2/c1-6(13)12-9-5-7(14-2)3-4-8(9)10-11-12/h3-5H,1-2H3. The average Bonchev–Trinajstić information content (AvgIpc) is 2.59. The molecule has 1 aromatic heterocycles. The van der Waals surface area contributed by atoms with Crippen molar-refractivity contribution in [2.45, 2.75) is 6.92 Å². The van der Waals surface area contributed by atoms with Gasteiger partial charge in [-0.2, -0.15) is 4.68 Å². The second-order valence-electron chi connectivity index (χ2n) is 2.87. The zero-order valence-corrected chi connectivity index (χ0v) is 7.89. The second-order valence-corrected chi connectivity index (χ2v) is 2.87. The summed E-state index contributed by atoms with van der Waals surface area (Å²) in [6.07, 6.45) is 0. The minimum Gasteiger partial charge on any atom is -0.497 e. The van der Waals surface area contributed by atoms with E-state index in [4.69, 9.17) is 4.74 Å². The molecule has 0 amide bonds. The van der Waals surface area contributed by atoms with E-state index in [9.17, 15) is 4.79 Å². The monoisotopic (exact) mass is 191 g/mol. The molecule has 0 N–H and O–H groups in total. The van der Waals surface area contributed by atoms with Crippen LogP contribution in [0.3, 0.4) is 0 Å². The molecule has 0 aliphatic rings. The second kappa shape index (κ2) is 3.10. The van der Waals surface area contributed by atoms with E-state index in [1.54, 1.807) is 25.3 Å². The van der Waals surface area contributed by atoms with Gasteiger partial charge >= 0.3 is 0 Å². The molecule has 0 atom stereocenters. The van der Waals surface area contributed by atoms with Gasteiger partial charge in [-0.3, -0.25) is 4.79 Å². The van der Waals surface area contributed by atoms with Gasteiger partial charge in [-0.05, 0) is 12.1 Å². The zero-order valence-electron chi connectivity index (χ0n) is 7.89. The zero-order chi connectivity index (χ0) is 10.1. The number of hydrogen-bond acceptors (Lipinski definition) is 4. The smallest absolute Gasteiger partial charge is 0.245 e. The first-order valence-electron chi connectivity index (χ1n) is 4.13. The number of methoxy groups -OCH3 is 1. The predicted molar refractivity (Wildman–Crippen MR) is 50.4 cm³/mol. The van der Waals surface area contributed by atoms with Crippen LogP contribution in [0.4, 0.5) is 0 Å². The molecule has 0 aliphatic heterocycles. The third kappa shape index (κ3) is 1.22. The molecule has 1 aromatic carbocycles. The maximum absolute atomic E-state index is 11.1. The molecule has 0 aliphatic carbocycles. The molecule has 0 spiro atoms. The van der Waals surface area contributed by atoms with Gasteiger partial charge < -0.3 is 4.74 Å². The highest BCUT2D eigenvalue weighted by Gasteiger charge is 2.08. The van der Waals surface area contributed by atoms with Crippen LogP contribution >= 0.6 is 0 Å². The summed E-state index contributed by atoms with van der Waals surface area (Å²) in [6, 6.07) is 5.28. The van der Waals surface area contributed by atoms with Crippen LogP contribution in [0.2, 0.25) is 0 Å². The molecule has 0 bridgehead atoms. The normalized spacial score (nSPS) is 10.4. The SMILES string of the molecule is COc1ccc2nnn(C(C)=O)c2c1. The molecule has 5 nitrogen and oxygen atoms in total. The third-order valence-corrected chi connectivity index (χ3v) is 1.95. The van der Waals surface area contributed by atoms with Crippen molar-refractivity contribution in [3.8, 4) is 5.75 Å². The summed E-state index contributed by atoms with van der Waals surface area (Å²) in [4.78, 5) is 11.1. The molecule has 14 heavy (non-hydrogen) atoms. The van der Waals surface area contributed by atoms with Crippen molar-refractivity contribution in [1.29, 1.82) is 0 Å². The number of aromatic nitrogens is 3. The highest BCUT2D eigenvalue weighted by Crippen LogP contribution is 2.18. The summed E-state index contributed by atoms with van der Waals surface area (Å²) in [5.41, 5.74) is 1.35. The van der Waals surface area contributed by atoms with Gasteiger partial charge in [0.1, 0.15) is 16.8 Å². The summed E-state index contributed by atoms with van der Waals surface area (Å²) < 4.78 is 6.29. The molecule has 0 fully saturated rings. The van der Waals surface area contributed by atoms with E-state index in [1.807, 2.05) is 0 Å². The number of fused-ring (bicyclic) bond motifs is 1. The summed E-state index contributed by atoms with van der Waals surface area (Å²) in [7, 11) is 1.57. The van der Waals surface area contributed by atoms with Gasteiger partial charge in [0.15, 0.2) is 0 Å². The summed E-state index contributed by atoms with van der Waals surface area (Å²) in [5, 5.41) is 7.58. The highest BCUT2D eigenvalue weighted by molar-refractivity contribution is 5.88. The summed E-state index contributed by atoms with van der Waals surface area (Å²) in [6.45, 7) is 1.44. The van der Waals surface area contributed by atoms with E-state index >= 15 is 0 Å². The van der Waals surface area contributed by atoms with E-state index in [0.29, 0.717) is 16.8 Å². The average molecular weight is 191 g/mol. The minimum absolute atomic E-state index is 0.166. The van der Waals surface area contributed by atoms with Crippen LogP contribution in [-0.4, -0.2) is 28.0 Å². The lowest BCUT2D eigenvalue weighted by Gasteiger charge is -1.99. The Morgan fingerprint density at radius 1 is 1.50 bits per heavy atom. The van der Waals surface area contributed by atoms with Crippen LogP contribution < -0.4 is 4.74 Å². The first kappa shape index (κ1) is 8.68. The lowest BCUT2D eigenvalue weighted by molar-refractivity contribution is 0.0924. The molecular weight excluding hydrogens is 182 g/mol. The molecule has 1 heterocycles. The Morgan fingerprint density at radius 3 is 2.93 bits per heavy atom. The number of hydrogen-bond donors (Lipinski definition) is 0. The van der Waals surface area contributed by atoms with Crippen molar-refractivity contribution in [2.75, 3.05) is 7.11 Å². The van der Waals surface area contributed by atoms with Crippen LogP contribution in [0.1, 0.15) is 11.7 Å². The van der Waals surface area contributed by atoms with Gasteiger partial charge in [-0.15, -0.1) is 5.10 Å². The van der Waals surface area contributed by atoms with Crippen LogP contribution in [0.25, 0.3) is 11.0 Å². The first-order chi connectivity index (χ1) is 6.72. The fourth-order valence-electron chi connectivity index (χ4n) is 1.26. The van der Waals surface area contributed by atoms with Crippen molar-refractivity contribution in [3.63, 3.8) is 0 Å². The number of rotatable bonds is 1. The Bertz CT molecular complexity index is 490. The van der Waals surface area contributed by atoms with E-state index in [-0.39, 0.29) is 5.91 Å². The number of carbonyl (C=O) groups excluding carboxylic acids is 1. The van der Waals surface area contributed by atoms with Crippen LogP contribution in [0.15, 0.2) is 18.2 Å². The lowest BCUT2D eigenvalue weighted by atomic mass is 10.3. The Labute approximate surface area is 80.3 Å². The maximum Gasteiger partial charge on any atom is 0.245 e. The van der Waals surface area contributed by atoms with Gasteiger partial charge in [-0.1, -0.05) is 5.21 Å². The first-order valence-corrected chi connectivity index (χ1v) is 4.13. The quantitative estimate of drug-likeness (QED) is 0.677. The van der Waals surface area contributed by atoms with Crippen molar-refractivity contribution in [3.05, 3.63) is 18.2 Å². The van der Waals surface area contributed by atoms with Gasteiger partial charge in [0.2, 0.25) is 5.91 Å². The van der Waals surface area contributed by atoms with Gasteiger partial charge in [0.25, 0.3) is 0 Å². The van der Waals surface area contributed by atoms with Gasteiger partial charge in [-0.25, -0.2) is 0 Å². The Morgan fingerprint density at radius 2 is 2.29 bits per heavy atom. The number of nitrogens with zero attached hydrogens (tertiary/aromatic N) is 3. The predicted octanol–water partition coefficient (Wildman–Crippen LogP) is 1.10. The molecule has 0 radical (unpaired) electrons. The minimum atomic E-state index is -0.166. The summed E-state index contributed by atoms with van der Waals surface area (Å²) in [5.74, 6) is 0.517. The van der Waals surface area contributed by atoms with Crippen LogP contribution in [0, 0.1) is 0 Å². The number of benzene rings is 1. The fraction of sp³-hybridized carbons (Fsp3) is 0.222. The van der Waals surface area contributed by atoms with Crippen LogP contribution in [0.5, 0.6) is 5.75 Å². The number of ether oxygens (including phenoxy) is 1. The van der Waals surface area contributed by atoms with E-state index in [1.165, 1.54) is 11.6 Å². The molecule has 2 aromatic rings. The van der Waals surface area contributed by atoms with Crippen molar-refractivity contribution in [2.24, 2.45) is 0 Å². The van der Waals surface area contributed by atoms with Crippen molar-refractivity contribution >= 4 is 16.9 Å². The van der Waals surface area contributed by atoms with E-state index in [2.05, 4.69) is 10.3 Å². The molecule has 0 unspecified atom stereocenters.